The van der Waals surface area contributed by atoms with Gasteiger partial charge in [-0.25, -0.2) is 26.3 Å². The monoisotopic (exact) mass is 691 g/mol. The van der Waals surface area contributed by atoms with Crippen molar-refractivity contribution in [2.24, 2.45) is 0 Å². The lowest BCUT2D eigenvalue weighted by Crippen LogP contribution is -2.24. The van der Waals surface area contributed by atoms with Gasteiger partial charge in [0.1, 0.15) is 0 Å². The molecule has 5 rings (SSSR count). The quantitative estimate of drug-likeness (QED) is 0.115. The lowest BCUT2D eigenvalue weighted by atomic mass is 9.85. The number of hydrogen-bond donors (Lipinski definition) is 0. The molecule has 0 amide bonds. The molecule has 49 heavy (non-hydrogen) atoms. The van der Waals surface area contributed by atoms with Gasteiger partial charge in [-0.1, -0.05) is 13.3 Å². The summed E-state index contributed by atoms with van der Waals surface area (Å²) >= 11 is 0. The van der Waals surface area contributed by atoms with E-state index in [0.717, 1.165) is 30.7 Å². The molecule has 1 heterocycles. The number of nitrogens with zero attached hydrogens (tertiary/aromatic N) is 1. The fourth-order valence-corrected chi connectivity index (χ4v) is 6.51. The minimum absolute atomic E-state index is 0.0223. The third-order valence-electron chi connectivity index (χ3n) is 8.55. The molecule has 0 unspecified atom stereocenters. The van der Waals surface area contributed by atoms with E-state index in [1.54, 1.807) is 0 Å². The Balaban J connectivity index is 2.09. The molecule has 0 fully saturated rings. The van der Waals surface area contributed by atoms with Gasteiger partial charge in [-0.05, 0) is 59.5 Å². The van der Waals surface area contributed by atoms with Gasteiger partial charge in [0.2, 0.25) is 11.5 Å². The van der Waals surface area contributed by atoms with E-state index in [2.05, 4.69) is 0 Å². The maximum atomic E-state index is 14.9. The predicted molar refractivity (Wildman–Crippen MR) is 171 cm³/mol. The summed E-state index contributed by atoms with van der Waals surface area (Å²) < 4.78 is 123. The number of rotatable bonds is 11. The van der Waals surface area contributed by atoms with Gasteiger partial charge in [-0.2, -0.15) is 0 Å². The van der Waals surface area contributed by atoms with Crippen molar-refractivity contribution in [1.82, 2.24) is 4.90 Å². The number of methoxy groups -OCH3 is 6. The molecule has 0 saturated carbocycles. The highest BCUT2D eigenvalue weighted by atomic mass is 19.2. The number of fused-ring (bicyclic) bond motifs is 3. The summed E-state index contributed by atoms with van der Waals surface area (Å²) in [5.41, 5.74) is 1.65. The average Bonchev–Trinajstić information content (AvgIpc) is 3.25. The molecular formula is C36H35F6NO6. The molecule has 262 valence electrons. The molecule has 4 aromatic carbocycles. The first-order valence-corrected chi connectivity index (χ1v) is 15.2. The first kappa shape index (κ1) is 35.5. The first-order chi connectivity index (χ1) is 23.5. The van der Waals surface area contributed by atoms with Crippen LogP contribution in [0.25, 0.3) is 33.4 Å². The third-order valence-corrected chi connectivity index (χ3v) is 8.55. The highest BCUT2D eigenvalue weighted by Crippen LogP contribution is 2.61. The first-order valence-electron chi connectivity index (χ1n) is 15.2. The second-order valence-corrected chi connectivity index (χ2v) is 11.2. The summed E-state index contributed by atoms with van der Waals surface area (Å²) in [6.45, 7) is 2.70. The Kier molecular flexibility index (Phi) is 10.4. The van der Waals surface area contributed by atoms with E-state index < -0.39 is 34.9 Å². The fourth-order valence-electron chi connectivity index (χ4n) is 6.51. The number of hydrogen-bond acceptors (Lipinski definition) is 7. The van der Waals surface area contributed by atoms with Crippen LogP contribution in [-0.2, 0) is 13.1 Å². The van der Waals surface area contributed by atoms with Gasteiger partial charge in [0.15, 0.2) is 57.9 Å². The van der Waals surface area contributed by atoms with Gasteiger partial charge in [-0.15, -0.1) is 0 Å². The van der Waals surface area contributed by atoms with Crippen molar-refractivity contribution in [2.75, 3.05) is 49.2 Å². The Labute approximate surface area is 279 Å². The van der Waals surface area contributed by atoms with Crippen LogP contribution >= 0.6 is 0 Å². The normalized spacial score (nSPS) is 12.6. The van der Waals surface area contributed by atoms with Crippen molar-refractivity contribution in [1.29, 1.82) is 0 Å². The van der Waals surface area contributed by atoms with Gasteiger partial charge in [0, 0.05) is 35.3 Å². The molecule has 0 spiro atoms. The van der Waals surface area contributed by atoms with Crippen LogP contribution < -0.4 is 28.4 Å². The Bertz CT molecular complexity index is 1740. The number of benzene rings is 4. The van der Waals surface area contributed by atoms with Crippen LogP contribution in [0.2, 0.25) is 0 Å². The Hall–Kier alpha value is -4.78. The number of unbranched alkanes of at least 4 members (excludes halogenated alkanes) is 1. The molecule has 0 N–H and O–H groups in total. The maximum absolute atomic E-state index is 14.9. The Morgan fingerprint density at radius 3 is 1.08 bits per heavy atom. The summed E-state index contributed by atoms with van der Waals surface area (Å²) in [4.78, 5) is 2.00. The maximum Gasteiger partial charge on any atom is 0.204 e. The van der Waals surface area contributed by atoms with E-state index in [0.29, 0.717) is 35.2 Å². The molecule has 0 radical (unpaired) electrons. The van der Waals surface area contributed by atoms with Crippen LogP contribution in [0.3, 0.4) is 0 Å². The molecule has 0 bridgehead atoms. The molecule has 0 atom stereocenters. The summed E-state index contributed by atoms with van der Waals surface area (Å²) in [5.74, 6) is -8.63. The predicted octanol–water partition coefficient (Wildman–Crippen LogP) is 8.69. The topological polar surface area (TPSA) is 58.6 Å². The zero-order chi connectivity index (χ0) is 35.7. The van der Waals surface area contributed by atoms with Gasteiger partial charge in [0.05, 0.1) is 42.7 Å². The van der Waals surface area contributed by atoms with E-state index >= 15 is 0 Å². The summed E-state index contributed by atoms with van der Waals surface area (Å²) in [7, 11) is 8.13. The van der Waals surface area contributed by atoms with Crippen LogP contribution in [0.5, 0.6) is 34.5 Å². The lowest BCUT2D eigenvalue weighted by Gasteiger charge is -2.27. The molecule has 4 aromatic rings. The van der Waals surface area contributed by atoms with Gasteiger partial charge < -0.3 is 28.4 Å². The molecule has 0 aromatic heterocycles. The van der Waals surface area contributed by atoms with Crippen molar-refractivity contribution in [2.45, 2.75) is 32.9 Å². The van der Waals surface area contributed by atoms with Crippen LogP contribution in [0.1, 0.15) is 30.9 Å². The van der Waals surface area contributed by atoms with Crippen molar-refractivity contribution in [3.8, 4) is 67.9 Å². The van der Waals surface area contributed by atoms with Crippen LogP contribution in [0, 0.1) is 34.9 Å². The van der Waals surface area contributed by atoms with Gasteiger partial charge in [0.25, 0.3) is 0 Å². The van der Waals surface area contributed by atoms with E-state index in [-0.39, 0.29) is 69.8 Å². The Morgan fingerprint density at radius 1 is 0.490 bits per heavy atom. The third kappa shape index (κ3) is 5.94. The van der Waals surface area contributed by atoms with E-state index in [9.17, 15) is 26.3 Å². The Morgan fingerprint density at radius 2 is 0.796 bits per heavy atom. The van der Waals surface area contributed by atoms with Crippen LogP contribution in [-0.4, -0.2) is 54.1 Å². The summed E-state index contributed by atoms with van der Waals surface area (Å²) in [6.07, 6.45) is 1.51. The van der Waals surface area contributed by atoms with Crippen LogP contribution in [0.15, 0.2) is 24.3 Å². The number of ether oxygens (including phenoxy) is 6. The molecule has 0 saturated heterocycles. The van der Waals surface area contributed by atoms with Crippen LogP contribution in [0.4, 0.5) is 26.3 Å². The minimum Gasteiger partial charge on any atom is -0.492 e. The molecule has 0 aliphatic carbocycles. The fraction of sp³-hybridized carbons (Fsp3) is 0.333. The molecule has 1 aliphatic heterocycles. The molecule has 7 nitrogen and oxygen atoms in total. The summed E-state index contributed by atoms with van der Waals surface area (Å²) in [5, 5.41) is 0. The SMILES string of the molecule is CCCCN1Cc2c(-c3cc(F)c(F)c(F)c3)c(OC)c(OC)c(OC)c2-c2c(c(-c3cc(F)c(F)c(F)c3)c(OC)c(OC)c2OC)C1. The number of halogens is 6. The van der Waals surface area contributed by atoms with Crippen molar-refractivity contribution < 1.29 is 54.8 Å². The standard InChI is InChI=1S/C36H35F6NO6/c1-8-9-10-43-15-19-25(17-11-21(37)29(41)22(38)12-17)31(44-2)35(48-6)33(46-4)27(19)28-20(16-43)26(18-13-23(39)30(42)24(40)14-18)32(45-3)36(49-7)34(28)47-5/h11-14H,8-10,15-16H2,1-7H3. The molecule has 1 aliphatic rings. The second-order valence-electron chi connectivity index (χ2n) is 11.2. The zero-order valence-corrected chi connectivity index (χ0v) is 28.0. The largest absolute Gasteiger partial charge is 0.492 e. The molecule has 13 heteroatoms. The minimum atomic E-state index is -1.65. The van der Waals surface area contributed by atoms with E-state index in [4.69, 9.17) is 28.4 Å². The zero-order valence-electron chi connectivity index (χ0n) is 28.0. The van der Waals surface area contributed by atoms with Crippen molar-refractivity contribution in [3.05, 3.63) is 70.3 Å². The highest BCUT2D eigenvalue weighted by Gasteiger charge is 2.38. The van der Waals surface area contributed by atoms with Gasteiger partial charge >= 0.3 is 0 Å². The van der Waals surface area contributed by atoms with E-state index in [1.165, 1.54) is 42.7 Å². The second kappa shape index (κ2) is 14.4. The average molecular weight is 692 g/mol. The van der Waals surface area contributed by atoms with Crippen molar-refractivity contribution in [3.63, 3.8) is 0 Å². The highest BCUT2D eigenvalue weighted by molar-refractivity contribution is 5.98. The molecular weight excluding hydrogens is 656 g/mol. The van der Waals surface area contributed by atoms with E-state index in [1.807, 2.05) is 11.8 Å². The van der Waals surface area contributed by atoms with Crippen molar-refractivity contribution >= 4 is 0 Å². The van der Waals surface area contributed by atoms with Gasteiger partial charge in [-0.3, -0.25) is 4.90 Å². The summed E-state index contributed by atoms with van der Waals surface area (Å²) in [6, 6.07) is 3.41. The smallest absolute Gasteiger partial charge is 0.204 e. The lowest BCUT2D eigenvalue weighted by molar-refractivity contribution is 0.254.